The van der Waals surface area contributed by atoms with Crippen molar-refractivity contribution in [1.82, 2.24) is 10.2 Å². The van der Waals surface area contributed by atoms with Gasteiger partial charge < -0.3 is 15.0 Å². The molecule has 0 aliphatic rings. The Kier molecular flexibility index (Phi) is 7.53. The van der Waals surface area contributed by atoms with Gasteiger partial charge in [-0.2, -0.15) is 0 Å². The van der Waals surface area contributed by atoms with E-state index in [0.717, 1.165) is 4.88 Å². The second-order valence-corrected chi connectivity index (χ2v) is 6.54. The molecular formula is C14H21ClN2O3S. The molecule has 1 N–H and O–H groups in total. The van der Waals surface area contributed by atoms with Crippen LogP contribution in [0.3, 0.4) is 0 Å². The van der Waals surface area contributed by atoms with Crippen molar-refractivity contribution in [3.05, 3.63) is 21.3 Å². The summed E-state index contributed by atoms with van der Waals surface area (Å²) in [5.74, 6) is -0.307. The minimum Gasteiger partial charge on any atom is -0.463 e. The van der Waals surface area contributed by atoms with Crippen LogP contribution in [-0.4, -0.2) is 36.1 Å². The summed E-state index contributed by atoms with van der Waals surface area (Å²) in [6.45, 7) is 6.85. The van der Waals surface area contributed by atoms with Crippen LogP contribution in [-0.2, 0) is 16.1 Å². The third-order valence-corrected chi connectivity index (χ3v) is 3.83. The van der Waals surface area contributed by atoms with Crippen molar-refractivity contribution in [2.24, 2.45) is 0 Å². The van der Waals surface area contributed by atoms with Gasteiger partial charge in [0.05, 0.1) is 23.4 Å². The number of amides is 2. The SMILES string of the molecule is CCN(Cc1ccc(Cl)s1)C(=O)NCCC(=O)OC(C)C. The van der Waals surface area contributed by atoms with E-state index < -0.39 is 0 Å². The maximum Gasteiger partial charge on any atom is 0.317 e. The molecule has 1 aromatic heterocycles. The van der Waals surface area contributed by atoms with Crippen molar-refractivity contribution in [2.45, 2.75) is 39.8 Å². The van der Waals surface area contributed by atoms with E-state index in [2.05, 4.69) is 5.32 Å². The highest BCUT2D eigenvalue weighted by Gasteiger charge is 2.13. The molecule has 0 aliphatic carbocycles. The van der Waals surface area contributed by atoms with Crippen molar-refractivity contribution in [2.75, 3.05) is 13.1 Å². The zero-order valence-electron chi connectivity index (χ0n) is 12.5. The molecule has 0 saturated carbocycles. The smallest absolute Gasteiger partial charge is 0.317 e. The number of carbonyl (C=O) groups excluding carboxylic acids is 2. The third-order valence-electron chi connectivity index (χ3n) is 2.62. The van der Waals surface area contributed by atoms with Gasteiger partial charge in [0.25, 0.3) is 0 Å². The van der Waals surface area contributed by atoms with Crippen LogP contribution >= 0.6 is 22.9 Å². The Hall–Kier alpha value is -1.27. The summed E-state index contributed by atoms with van der Waals surface area (Å²) >= 11 is 7.33. The molecule has 5 nitrogen and oxygen atoms in total. The highest BCUT2D eigenvalue weighted by molar-refractivity contribution is 7.16. The average Bonchev–Trinajstić information content (AvgIpc) is 2.80. The normalized spacial score (nSPS) is 10.5. The molecule has 0 fully saturated rings. The average molecular weight is 333 g/mol. The van der Waals surface area contributed by atoms with Crippen molar-refractivity contribution in [3.8, 4) is 0 Å². The van der Waals surface area contributed by atoms with Crippen molar-refractivity contribution >= 4 is 34.9 Å². The highest BCUT2D eigenvalue weighted by atomic mass is 35.5. The molecule has 21 heavy (non-hydrogen) atoms. The second kappa shape index (κ2) is 8.89. The molecule has 0 unspecified atom stereocenters. The van der Waals surface area contributed by atoms with Crippen LogP contribution in [0, 0.1) is 0 Å². The number of nitrogens with one attached hydrogen (secondary N) is 1. The number of thiophene rings is 1. The predicted octanol–water partition coefficient (Wildman–Crippen LogP) is 3.27. The first kappa shape index (κ1) is 17.8. The van der Waals surface area contributed by atoms with E-state index >= 15 is 0 Å². The minimum absolute atomic E-state index is 0.135. The second-order valence-electron chi connectivity index (χ2n) is 4.74. The van der Waals surface area contributed by atoms with E-state index in [1.54, 1.807) is 18.7 Å². The third kappa shape index (κ3) is 6.82. The number of rotatable bonds is 7. The number of carbonyl (C=O) groups is 2. The molecule has 2 amide bonds. The molecule has 0 saturated heterocycles. The Bertz CT molecular complexity index is 477. The molecule has 0 aliphatic heterocycles. The largest absolute Gasteiger partial charge is 0.463 e. The van der Waals surface area contributed by atoms with Gasteiger partial charge in [0.15, 0.2) is 0 Å². The zero-order chi connectivity index (χ0) is 15.8. The van der Waals surface area contributed by atoms with Crippen molar-refractivity contribution in [3.63, 3.8) is 0 Å². The molecule has 7 heteroatoms. The van der Waals surface area contributed by atoms with Crippen LogP contribution in [0.1, 0.15) is 32.1 Å². The van der Waals surface area contributed by atoms with E-state index in [0.29, 0.717) is 17.4 Å². The van der Waals surface area contributed by atoms with Gasteiger partial charge in [0, 0.05) is 18.0 Å². The van der Waals surface area contributed by atoms with Gasteiger partial charge in [-0.15, -0.1) is 11.3 Å². The molecule has 0 radical (unpaired) electrons. The molecule has 0 atom stereocenters. The van der Waals surface area contributed by atoms with Gasteiger partial charge in [0.2, 0.25) is 0 Å². The summed E-state index contributed by atoms with van der Waals surface area (Å²) in [5, 5.41) is 2.72. The Morgan fingerprint density at radius 2 is 2.14 bits per heavy atom. The van der Waals surface area contributed by atoms with E-state index in [-0.39, 0.29) is 31.1 Å². The maximum atomic E-state index is 12.0. The Balaban J connectivity index is 2.36. The summed E-state index contributed by atoms with van der Waals surface area (Å²) in [5.41, 5.74) is 0. The number of esters is 1. The summed E-state index contributed by atoms with van der Waals surface area (Å²) in [4.78, 5) is 26.1. The first-order chi connectivity index (χ1) is 9.92. The fraction of sp³-hybridized carbons (Fsp3) is 0.571. The van der Waals surface area contributed by atoms with Crippen LogP contribution in [0.5, 0.6) is 0 Å². The Morgan fingerprint density at radius 1 is 1.43 bits per heavy atom. The number of nitrogens with zero attached hydrogens (tertiary/aromatic N) is 1. The summed E-state index contributed by atoms with van der Waals surface area (Å²) in [6.07, 6.45) is 0.0377. The van der Waals surface area contributed by atoms with E-state index in [9.17, 15) is 9.59 Å². The lowest BCUT2D eigenvalue weighted by Crippen LogP contribution is -2.40. The van der Waals surface area contributed by atoms with Gasteiger partial charge in [0.1, 0.15) is 0 Å². The van der Waals surface area contributed by atoms with Crippen molar-refractivity contribution in [1.29, 1.82) is 0 Å². The number of ether oxygens (including phenoxy) is 1. The summed E-state index contributed by atoms with van der Waals surface area (Å²) in [6, 6.07) is 3.53. The molecule has 118 valence electrons. The van der Waals surface area contributed by atoms with Gasteiger partial charge >= 0.3 is 12.0 Å². The minimum atomic E-state index is -0.307. The van der Waals surface area contributed by atoms with E-state index in [1.807, 2.05) is 19.1 Å². The van der Waals surface area contributed by atoms with Crippen molar-refractivity contribution < 1.29 is 14.3 Å². The molecule has 1 heterocycles. The molecule has 0 spiro atoms. The summed E-state index contributed by atoms with van der Waals surface area (Å²) < 4.78 is 5.71. The topological polar surface area (TPSA) is 58.6 Å². The lowest BCUT2D eigenvalue weighted by atomic mass is 10.4. The van der Waals surface area contributed by atoms with Crippen LogP contribution < -0.4 is 5.32 Å². The van der Waals surface area contributed by atoms with Crippen LogP contribution in [0.4, 0.5) is 4.79 Å². The van der Waals surface area contributed by atoms with Gasteiger partial charge in [-0.1, -0.05) is 11.6 Å². The summed E-state index contributed by atoms with van der Waals surface area (Å²) in [7, 11) is 0. The maximum absolute atomic E-state index is 12.0. The number of halogens is 1. The van der Waals surface area contributed by atoms with E-state index in [4.69, 9.17) is 16.3 Å². The van der Waals surface area contributed by atoms with Gasteiger partial charge in [-0.25, -0.2) is 4.79 Å². The van der Waals surface area contributed by atoms with E-state index in [1.165, 1.54) is 11.3 Å². The molecule has 0 aromatic carbocycles. The fourth-order valence-corrected chi connectivity index (χ4v) is 2.76. The zero-order valence-corrected chi connectivity index (χ0v) is 14.1. The quantitative estimate of drug-likeness (QED) is 0.779. The standard InChI is InChI=1S/C14H21ClN2O3S/c1-4-17(9-11-5-6-12(15)21-11)14(19)16-8-7-13(18)20-10(2)3/h5-6,10H,4,7-9H2,1-3H3,(H,16,19). The Labute approximate surface area is 134 Å². The van der Waals surface area contributed by atoms with Gasteiger partial charge in [-0.05, 0) is 32.9 Å². The lowest BCUT2D eigenvalue weighted by molar-refractivity contribution is -0.147. The predicted molar refractivity (Wildman–Crippen MR) is 84.7 cm³/mol. The molecular weight excluding hydrogens is 312 g/mol. The highest BCUT2D eigenvalue weighted by Crippen LogP contribution is 2.22. The fourth-order valence-electron chi connectivity index (χ4n) is 1.66. The molecule has 1 rings (SSSR count). The molecule has 1 aromatic rings. The lowest BCUT2D eigenvalue weighted by Gasteiger charge is -2.20. The Morgan fingerprint density at radius 3 is 2.67 bits per heavy atom. The monoisotopic (exact) mass is 332 g/mol. The first-order valence-electron chi connectivity index (χ1n) is 6.88. The van der Waals surface area contributed by atoms with Gasteiger partial charge in [-0.3, -0.25) is 4.79 Å². The van der Waals surface area contributed by atoms with Crippen LogP contribution in [0.15, 0.2) is 12.1 Å². The molecule has 0 bridgehead atoms. The number of urea groups is 1. The number of hydrogen-bond donors (Lipinski definition) is 1. The number of hydrogen-bond acceptors (Lipinski definition) is 4. The first-order valence-corrected chi connectivity index (χ1v) is 8.08. The van der Waals surface area contributed by atoms with Crippen LogP contribution in [0.25, 0.3) is 0 Å². The van der Waals surface area contributed by atoms with Crippen LogP contribution in [0.2, 0.25) is 4.34 Å².